The van der Waals surface area contributed by atoms with Crippen molar-refractivity contribution < 1.29 is 4.52 Å². The molecule has 3 rings (SSSR count). The van der Waals surface area contributed by atoms with Gasteiger partial charge in [-0.1, -0.05) is 34.4 Å². The van der Waals surface area contributed by atoms with Gasteiger partial charge in [0.2, 0.25) is 5.95 Å². The van der Waals surface area contributed by atoms with Crippen LogP contribution in [0.3, 0.4) is 0 Å². The lowest BCUT2D eigenvalue weighted by Gasteiger charge is -2.10. The van der Waals surface area contributed by atoms with Crippen LogP contribution in [0.25, 0.3) is 0 Å². The molecule has 23 heavy (non-hydrogen) atoms. The van der Waals surface area contributed by atoms with Gasteiger partial charge < -0.3 is 15.2 Å². The van der Waals surface area contributed by atoms with Crippen molar-refractivity contribution in [3.8, 4) is 0 Å². The molecule has 0 spiro atoms. The molecule has 0 aliphatic heterocycles. The van der Waals surface area contributed by atoms with Crippen LogP contribution in [0.4, 0.5) is 23.3 Å². The Morgan fingerprint density at radius 1 is 1.00 bits per heavy atom. The molecule has 0 saturated carbocycles. The first-order chi connectivity index (χ1) is 11.0. The minimum atomic E-state index is 0.402. The number of hydrogen-bond donors (Lipinski definition) is 2. The smallest absolute Gasteiger partial charge is 0.230 e. The van der Waals surface area contributed by atoms with Gasteiger partial charge in [-0.05, 0) is 26.0 Å². The largest absolute Gasteiger partial charge is 0.360 e. The lowest BCUT2D eigenvalue weighted by Crippen LogP contribution is -2.02. The second-order valence-corrected chi connectivity index (χ2v) is 5.68. The van der Waals surface area contributed by atoms with Gasteiger partial charge in [0.15, 0.2) is 5.82 Å². The van der Waals surface area contributed by atoms with Crippen LogP contribution in [0.2, 0.25) is 10.0 Å². The fraction of sp³-hybridized carbons (Fsp3) is 0.133. The first kappa shape index (κ1) is 15.6. The first-order valence-electron chi connectivity index (χ1n) is 6.78. The standard InChI is InChI=1S/C15H13Cl2N5O/c1-8-6-12(19-11-5-3-4-10(16)14(11)17)20-15(18-8)21-13-7-9(2)23-22-13/h3-7H,1-2H3,(H2,18,19,20,21,22). The van der Waals surface area contributed by atoms with Crippen LogP contribution in [0.5, 0.6) is 0 Å². The molecule has 1 aromatic carbocycles. The van der Waals surface area contributed by atoms with Crippen molar-refractivity contribution in [3.05, 3.63) is 51.8 Å². The van der Waals surface area contributed by atoms with E-state index in [4.69, 9.17) is 27.7 Å². The maximum Gasteiger partial charge on any atom is 0.230 e. The molecule has 2 heterocycles. The van der Waals surface area contributed by atoms with Gasteiger partial charge in [0, 0.05) is 17.8 Å². The zero-order chi connectivity index (χ0) is 16.4. The van der Waals surface area contributed by atoms with Gasteiger partial charge in [0.05, 0.1) is 15.7 Å². The van der Waals surface area contributed by atoms with Crippen molar-refractivity contribution in [2.75, 3.05) is 10.6 Å². The number of anilines is 4. The molecule has 2 N–H and O–H groups in total. The topological polar surface area (TPSA) is 75.9 Å². The highest BCUT2D eigenvalue weighted by molar-refractivity contribution is 6.43. The van der Waals surface area contributed by atoms with Crippen LogP contribution in [-0.4, -0.2) is 15.1 Å². The number of nitrogens with zero attached hydrogens (tertiary/aromatic N) is 3. The summed E-state index contributed by atoms with van der Waals surface area (Å²) < 4.78 is 5.01. The van der Waals surface area contributed by atoms with Gasteiger partial charge in [-0.25, -0.2) is 4.98 Å². The number of rotatable bonds is 4. The summed E-state index contributed by atoms with van der Waals surface area (Å²) in [5.74, 6) is 2.23. The number of hydrogen-bond acceptors (Lipinski definition) is 6. The number of halogens is 2. The molecule has 0 aliphatic rings. The lowest BCUT2D eigenvalue weighted by molar-refractivity contribution is 0.400. The van der Waals surface area contributed by atoms with Crippen LogP contribution in [0.1, 0.15) is 11.5 Å². The highest BCUT2D eigenvalue weighted by Crippen LogP contribution is 2.31. The zero-order valence-corrected chi connectivity index (χ0v) is 13.9. The highest BCUT2D eigenvalue weighted by atomic mass is 35.5. The molecule has 0 saturated heterocycles. The van der Waals surface area contributed by atoms with Crippen LogP contribution < -0.4 is 10.6 Å². The molecule has 0 aliphatic carbocycles. The normalized spacial score (nSPS) is 10.6. The average molecular weight is 350 g/mol. The summed E-state index contributed by atoms with van der Waals surface area (Å²) >= 11 is 12.2. The Morgan fingerprint density at radius 2 is 1.83 bits per heavy atom. The monoisotopic (exact) mass is 349 g/mol. The number of nitrogens with one attached hydrogen (secondary N) is 2. The molecule has 0 fully saturated rings. The second kappa shape index (κ2) is 6.44. The highest BCUT2D eigenvalue weighted by Gasteiger charge is 2.09. The van der Waals surface area contributed by atoms with E-state index in [2.05, 4.69) is 25.8 Å². The van der Waals surface area contributed by atoms with E-state index in [1.807, 2.05) is 26.0 Å². The quantitative estimate of drug-likeness (QED) is 0.699. The minimum absolute atomic E-state index is 0.402. The number of benzene rings is 1. The third-order valence-electron chi connectivity index (χ3n) is 2.94. The second-order valence-electron chi connectivity index (χ2n) is 4.89. The summed E-state index contributed by atoms with van der Waals surface area (Å²) in [5.41, 5.74) is 1.45. The van der Waals surface area contributed by atoms with Gasteiger partial charge in [-0.15, -0.1) is 0 Å². The summed E-state index contributed by atoms with van der Waals surface area (Å²) in [7, 11) is 0. The SMILES string of the molecule is Cc1cc(Nc2cccc(Cl)c2Cl)nc(Nc2cc(C)on2)n1. The Bertz CT molecular complexity index is 850. The predicted octanol–water partition coefficient (Wildman–Crippen LogP) is 4.88. The summed E-state index contributed by atoms with van der Waals surface area (Å²) in [5, 5.41) is 10.9. The molecule has 3 aromatic rings. The zero-order valence-electron chi connectivity index (χ0n) is 12.4. The van der Waals surface area contributed by atoms with Crippen molar-refractivity contribution in [1.29, 1.82) is 0 Å². The fourth-order valence-electron chi connectivity index (χ4n) is 1.97. The fourth-order valence-corrected chi connectivity index (χ4v) is 2.31. The number of aromatic nitrogens is 3. The molecule has 0 amide bonds. The van der Waals surface area contributed by atoms with Gasteiger partial charge in [0.1, 0.15) is 11.6 Å². The molecular weight excluding hydrogens is 337 g/mol. The Balaban J connectivity index is 1.86. The first-order valence-corrected chi connectivity index (χ1v) is 7.54. The van der Waals surface area contributed by atoms with E-state index in [1.54, 1.807) is 18.2 Å². The van der Waals surface area contributed by atoms with Gasteiger partial charge in [-0.3, -0.25) is 0 Å². The van der Waals surface area contributed by atoms with Crippen molar-refractivity contribution in [1.82, 2.24) is 15.1 Å². The maximum atomic E-state index is 6.18. The molecule has 8 heteroatoms. The van der Waals surface area contributed by atoms with Crippen molar-refractivity contribution >= 4 is 46.5 Å². The van der Waals surface area contributed by atoms with E-state index in [-0.39, 0.29) is 0 Å². The molecule has 118 valence electrons. The van der Waals surface area contributed by atoms with Gasteiger partial charge in [0.25, 0.3) is 0 Å². The van der Waals surface area contributed by atoms with Crippen LogP contribution >= 0.6 is 23.2 Å². The summed E-state index contributed by atoms with van der Waals surface area (Å²) in [6, 6.07) is 8.91. The molecule has 6 nitrogen and oxygen atoms in total. The third-order valence-corrected chi connectivity index (χ3v) is 3.76. The summed E-state index contributed by atoms with van der Waals surface area (Å²) in [4.78, 5) is 8.70. The summed E-state index contributed by atoms with van der Waals surface area (Å²) in [6.07, 6.45) is 0. The summed E-state index contributed by atoms with van der Waals surface area (Å²) in [6.45, 7) is 3.68. The van der Waals surface area contributed by atoms with E-state index in [9.17, 15) is 0 Å². The number of aryl methyl sites for hydroxylation is 2. The van der Waals surface area contributed by atoms with Crippen LogP contribution in [-0.2, 0) is 0 Å². The van der Waals surface area contributed by atoms with Crippen LogP contribution in [0.15, 0.2) is 34.9 Å². The molecule has 2 aromatic heterocycles. The van der Waals surface area contributed by atoms with Crippen LogP contribution in [0, 0.1) is 13.8 Å². The average Bonchev–Trinajstić information content (AvgIpc) is 2.88. The maximum absolute atomic E-state index is 6.18. The lowest BCUT2D eigenvalue weighted by atomic mass is 10.3. The Hall–Kier alpha value is -2.31. The minimum Gasteiger partial charge on any atom is -0.360 e. The predicted molar refractivity (Wildman–Crippen MR) is 91.0 cm³/mol. The van der Waals surface area contributed by atoms with E-state index in [1.165, 1.54) is 0 Å². The molecule has 0 unspecified atom stereocenters. The molecule has 0 bridgehead atoms. The molecule has 0 radical (unpaired) electrons. The Labute approximate surface area is 142 Å². The van der Waals surface area contributed by atoms with Crippen molar-refractivity contribution in [3.63, 3.8) is 0 Å². The van der Waals surface area contributed by atoms with E-state index < -0.39 is 0 Å². The Kier molecular flexibility index (Phi) is 4.36. The van der Waals surface area contributed by atoms with Gasteiger partial charge in [-0.2, -0.15) is 4.98 Å². The molecular formula is C15H13Cl2N5O. The molecule has 0 atom stereocenters. The van der Waals surface area contributed by atoms with E-state index in [0.717, 1.165) is 5.69 Å². The van der Waals surface area contributed by atoms with Gasteiger partial charge >= 0.3 is 0 Å². The third kappa shape index (κ3) is 3.72. The van der Waals surface area contributed by atoms with E-state index in [0.29, 0.717) is 39.1 Å². The Morgan fingerprint density at radius 3 is 2.57 bits per heavy atom. The van der Waals surface area contributed by atoms with E-state index >= 15 is 0 Å². The van der Waals surface area contributed by atoms with Crippen molar-refractivity contribution in [2.24, 2.45) is 0 Å². The van der Waals surface area contributed by atoms with Crippen molar-refractivity contribution in [2.45, 2.75) is 13.8 Å².